The van der Waals surface area contributed by atoms with Crippen molar-refractivity contribution in [3.8, 4) is 0 Å². The van der Waals surface area contributed by atoms with Crippen LogP contribution >= 0.6 is 11.8 Å². The van der Waals surface area contributed by atoms with Gasteiger partial charge in [-0.15, -0.1) is 11.8 Å². The first-order valence-corrected chi connectivity index (χ1v) is 18.0. The van der Waals surface area contributed by atoms with Crippen LogP contribution in [0.1, 0.15) is 91.9 Å². The van der Waals surface area contributed by atoms with E-state index >= 15 is 0 Å². The van der Waals surface area contributed by atoms with Gasteiger partial charge >= 0.3 is 0 Å². The number of azide groups is 1. The van der Waals surface area contributed by atoms with Crippen molar-refractivity contribution in [3.05, 3.63) is 21.7 Å². The van der Waals surface area contributed by atoms with E-state index in [0.717, 1.165) is 63.4 Å². The van der Waals surface area contributed by atoms with Crippen molar-refractivity contribution in [3.63, 3.8) is 0 Å². The molecule has 4 N–H and O–H groups in total. The third-order valence-electron chi connectivity index (χ3n) is 13.3. The van der Waals surface area contributed by atoms with Gasteiger partial charge in [-0.1, -0.05) is 25.9 Å². The quantitative estimate of drug-likeness (QED) is 0.132. The molecule has 5 fully saturated rings. The minimum atomic E-state index is -0.659. The van der Waals surface area contributed by atoms with Gasteiger partial charge in [-0.2, -0.15) is 0 Å². The number of carbonyl (C=O) groups excluding carboxylic acids is 3. The van der Waals surface area contributed by atoms with Crippen molar-refractivity contribution in [1.82, 2.24) is 15.5 Å². The molecule has 0 aromatic rings. The first-order valence-electron chi connectivity index (χ1n) is 17.0. The van der Waals surface area contributed by atoms with E-state index in [1.165, 1.54) is 16.7 Å². The number of carbonyl (C=O) groups is 3. The average molecular weight is 643 g/mol. The normalized spacial score (nSPS) is 42.7. The second kappa shape index (κ2) is 12.4. The first-order chi connectivity index (χ1) is 21.4. The van der Waals surface area contributed by atoms with Crippen molar-refractivity contribution in [2.75, 3.05) is 12.4 Å². The number of fused-ring (bicyclic) bond motifs is 6. The lowest BCUT2D eigenvalue weighted by atomic mass is 9.43. The minimum absolute atomic E-state index is 0.134. The molecule has 45 heavy (non-hydrogen) atoms. The number of rotatable bonds is 8. The Morgan fingerprint density at radius 3 is 2.62 bits per heavy atom. The fourth-order valence-electron chi connectivity index (χ4n) is 11.0. The SMILES string of the molecule is CC1=C(C(=O)NCN=[N+]=[N-])N2C(=O)C(NC(=O)CC[C@@H](C)[C@H]3CC[C@H]4[C@@H]5C(O)C[C@@H]6C[C@H](O)CC[C@]6(C)[C@H]5CC[C@]34C)C2SC1. The minimum Gasteiger partial charge on any atom is -0.393 e. The summed E-state index contributed by atoms with van der Waals surface area (Å²) >= 11 is 1.53. The molecule has 11 nitrogen and oxygen atoms in total. The van der Waals surface area contributed by atoms with Crippen LogP contribution in [0.3, 0.4) is 0 Å². The van der Waals surface area contributed by atoms with Gasteiger partial charge in [-0.3, -0.25) is 19.3 Å². The van der Waals surface area contributed by atoms with Gasteiger partial charge in [-0.05, 0) is 122 Å². The zero-order valence-electron chi connectivity index (χ0n) is 27.1. The summed E-state index contributed by atoms with van der Waals surface area (Å²) in [5, 5.41) is 30.4. The van der Waals surface area contributed by atoms with Crippen LogP contribution in [0.2, 0.25) is 0 Å². The molecule has 3 amide bonds. The summed E-state index contributed by atoms with van der Waals surface area (Å²) in [6.45, 7) is 8.78. The second-order valence-electron chi connectivity index (χ2n) is 15.4. The van der Waals surface area contributed by atoms with E-state index in [9.17, 15) is 24.6 Å². The number of amides is 3. The van der Waals surface area contributed by atoms with Gasteiger partial charge in [0.05, 0.1) is 18.9 Å². The highest BCUT2D eigenvalue weighted by atomic mass is 32.2. The molecule has 2 aliphatic heterocycles. The van der Waals surface area contributed by atoms with Crippen LogP contribution in [0.4, 0.5) is 0 Å². The zero-order valence-corrected chi connectivity index (χ0v) is 27.9. The molecule has 1 saturated heterocycles. The molecule has 248 valence electrons. The third kappa shape index (κ3) is 5.47. The van der Waals surface area contributed by atoms with Gasteiger partial charge in [-0.25, -0.2) is 0 Å². The zero-order chi connectivity index (χ0) is 32.3. The Kier molecular flexibility index (Phi) is 9.00. The van der Waals surface area contributed by atoms with Crippen molar-refractivity contribution < 1.29 is 24.6 Å². The van der Waals surface area contributed by atoms with E-state index in [2.05, 4.69) is 41.4 Å². The van der Waals surface area contributed by atoms with E-state index in [0.29, 0.717) is 47.7 Å². The van der Waals surface area contributed by atoms with E-state index in [-0.39, 0.29) is 52.6 Å². The topological polar surface area (TPSA) is 168 Å². The molecule has 0 aromatic carbocycles. The number of nitrogens with zero attached hydrogens (tertiary/aromatic N) is 4. The molecule has 0 bridgehead atoms. The highest BCUT2D eigenvalue weighted by Crippen LogP contribution is 2.68. The van der Waals surface area contributed by atoms with Gasteiger partial charge in [0.1, 0.15) is 17.1 Å². The standard InChI is InChI=1S/C33H50N6O5S/c1-17(5-8-25(42)37-27-30(44)39-28(18(2)15-45-31(27)39)29(43)35-16-36-38-34)21-6-7-22-26-23(10-12-33(21,22)4)32(3)11-9-20(40)13-19(32)14-24(26)41/h17,19-24,26-27,31,40-41H,5-16H2,1-4H3,(H,35,43)(H,37,42)/t17-,19+,20-,21-,22+,23+,24?,26+,27?,31?,32+,33-/m1/s1. The van der Waals surface area contributed by atoms with Gasteiger partial charge < -0.3 is 20.8 Å². The van der Waals surface area contributed by atoms with E-state index < -0.39 is 11.9 Å². The van der Waals surface area contributed by atoms with E-state index in [1.54, 1.807) is 6.92 Å². The van der Waals surface area contributed by atoms with Crippen LogP contribution in [-0.2, 0) is 14.4 Å². The lowest BCUT2D eigenvalue weighted by Crippen LogP contribution is -2.70. The molecular weight excluding hydrogens is 592 g/mol. The van der Waals surface area contributed by atoms with Gasteiger partial charge in [0.2, 0.25) is 5.91 Å². The average Bonchev–Trinajstić information content (AvgIpc) is 3.36. The largest absolute Gasteiger partial charge is 0.393 e. The molecule has 0 aromatic heterocycles. The molecule has 12 heteroatoms. The lowest BCUT2D eigenvalue weighted by Gasteiger charge is -2.62. The maximum atomic E-state index is 13.1. The van der Waals surface area contributed by atoms with Crippen LogP contribution in [0, 0.1) is 46.3 Å². The van der Waals surface area contributed by atoms with Crippen LogP contribution < -0.4 is 10.6 Å². The van der Waals surface area contributed by atoms with Crippen molar-refractivity contribution >= 4 is 29.5 Å². The van der Waals surface area contributed by atoms with Crippen LogP contribution in [-0.4, -0.2) is 68.9 Å². The molecule has 0 radical (unpaired) electrons. The number of β-lactam (4-membered cyclic amide) rings is 1. The third-order valence-corrected chi connectivity index (χ3v) is 14.7. The summed E-state index contributed by atoms with van der Waals surface area (Å²) in [5.41, 5.74) is 9.90. The number of hydrogen-bond donors (Lipinski definition) is 4. The summed E-state index contributed by atoms with van der Waals surface area (Å²) in [6.07, 6.45) is 8.74. The summed E-state index contributed by atoms with van der Waals surface area (Å²) in [5.74, 6) is 2.28. The molecule has 4 aliphatic carbocycles. The maximum absolute atomic E-state index is 13.1. The lowest BCUT2D eigenvalue weighted by molar-refractivity contribution is -0.174. The Morgan fingerprint density at radius 2 is 1.87 bits per heavy atom. The van der Waals surface area contributed by atoms with Crippen molar-refractivity contribution in [2.45, 2.75) is 116 Å². The molecule has 0 spiro atoms. The fraction of sp³-hybridized carbons (Fsp3) is 0.848. The molecule has 2 heterocycles. The predicted octanol–water partition coefficient (Wildman–Crippen LogP) is 4.45. The Balaban J connectivity index is 1.04. The van der Waals surface area contributed by atoms with Crippen molar-refractivity contribution in [2.24, 2.45) is 51.5 Å². The summed E-state index contributed by atoms with van der Waals surface area (Å²) in [7, 11) is 0. The molecule has 6 aliphatic rings. The monoisotopic (exact) mass is 642 g/mol. The first kappa shape index (κ1) is 32.7. The summed E-state index contributed by atoms with van der Waals surface area (Å²) < 4.78 is 0. The van der Waals surface area contributed by atoms with Gasteiger partial charge in [0.25, 0.3) is 11.8 Å². The number of hydrogen-bond acceptors (Lipinski definition) is 7. The Labute approximate surface area is 270 Å². The molecule has 12 atom stereocenters. The number of nitrogens with one attached hydrogen (secondary N) is 2. The molecule has 6 rings (SSSR count). The maximum Gasteiger partial charge on any atom is 0.268 e. The predicted molar refractivity (Wildman–Crippen MR) is 171 cm³/mol. The van der Waals surface area contributed by atoms with Gasteiger partial charge in [0, 0.05) is 17.1 Å². The number of aliphatic hydroxyl groups excluding tert-OH is 2. The summed E-state index contributed by atoms with van der Waals surface area (Å²) in [4.78, 5) is 43.0. The fourth-order valence-corrected chi connectivity index (χ4v) is 12.3. The molecular formula is C33H50N6O5S. The van der Waals surface area contributed by atoms with Crippen molar-refractivity contribution in [1.29, 1.82) is 0 Å². The van der Waals surface area contributed by atoms with Gasteiger partial charge in [0.15, 0.2) is 0 Å². The Hall–Kier alpha value is -2.27. The van der Waals surface area contributed by atoms with E-state index in [1.807, 2.05) is 0 Å². The smallest absolute Gasteiger partial charge is 0.268 e. The molecule has 3 unspecified atom stereocenters. The Bertz CT molecular complexity index is 1300. The Morgan fingerprint density at radius 1 is 1.13 bits per heavy atom. The summed E-state index contributed by atoms with van der Waals surface area (Å²) in [6, 6.07) is -0.659. The van der Waals surface area contributed by atoms with Crippen LogP contribution in [0.5, 0.6) is 0 Å². The number of aliphatic hydroxyl groups is 2. The van der Waals surface area contributed by atoms with Crippen LogP contribution in [0.25, 0.3) is 10.4 Å². The van der Waals surface area contributed by atoms with E-state index in [4.69, 9.17) is 5.53 Å². The highest BCUT2D eigenvalue weighted by Gasteiger charge is 2.63. The highest BCUT2D eigenvalue weighted by molar-refractivity contribution is 8.00. The number of thioether (sulfide) groups is 1. The molecule has 4 saturated carbocycles. The second-order valence-corrected chi connectivity index (χ2v) is 16.6. The van der Waals surface area contributed by atoms with Crippen LogP contribution in [0.15, 0.2) is 16.4 Å².